The summed E-state index contributed by atoms with van der Waals surface area (Å²) in [6.07, 6.45) is 2.84. The van der Waals surface area contributed by atoms with Crippen LogP contribution in [0.5, 0.6) is 0 Å². The number of nitrogens with one attached hydrogen (secondary N) is 2. The van der Waals surface area contributed by atoms with Crippen LogP contribution in [0, 0.1) is 13.8 Å². The molecule has 1 aliphatic rings. The molecule has 3 N–H and O–H groups in total. The van der Waals surface area contributed by atoms with Gasteiger partial charge in [0.2, 0.25) is 0 Å². The minimum Gasteiger partial charge on any atom is -0.481 e. The first-order valence-corrected chi connectivity index (χ1v) is 7.90. The number of carbonyl (C=O) groups is 2. The number of aliphatic carboxylic acids is 1. The van der Waals surface area contributed by atoms with Crippen LogP contribution in [0.2, 0.25) is 0 Å². The van der Waals surface area contributed by atoms with E-state index in [9.17, 15) is 9.59 Å². The number of aryl methyl sites for hydroxylation is 1. The zero-order chi connectivity index (χ0) is 17.3. The SMILES string of the molecule is CCC1=C(C)C(=O)N/C1=C\c1[nH]c(C)c([C@@H](C)CC(=O)O)c1C. The number of hydrogen-bond acceptors (Lipinski definition) is 2. The Morgan fingerprint density at radius 2 is 1.96 bits per heavy atom. The molecule has 0 aliphatic carbocycles. The van der Waals surface area contributed by atoms with Crippen molar-refractivity contribution in [3.63, 3.8) is 0 Å². The standard InChI is InChI=1S/C18H24N2O3/c1-6-13-10(3)18(23)20-15(13)8-14-11(4)17(12(5)19-14)9(2)7-16(21)22/h8-9,19H,6-7H2,1-5H3,(H,20,23)(H,21,22)/b15-8-/t9-/m0/s1. The second-order valence-corrected chi connectivity index (χ2v) is 6.17. The second-order valence-electron chi connectivity index (χ2n) is 6.17. The molecule has 124 valence electrons. The highest BCUT2D eigenvalue weighted by molar-refractivity contribution is 6.00. The molecule has 2 rings (SSSR count). The molecule has 0 saturated heterocycles. The highest BCUT2D eigenvalue weighted by Gasteiger charge is 2.24. The number of H-pyrrole nitrogens is 1. The summed E-state index contributed by atoms with van der Waals surface area (Å²) in [5.74, 6) is -0.905. The van der Waals surface area contributed by atoms with Crippen molar-refractivity contribution in [1.82, 2.24) is 10.3 Å². The van der Waals surface area contributed by atoms with Gasteiger partial charge in [0.15, 0.2) is 0 Å². The largest absolute Gasteiger partial charge is 0.481 e. The number of carbonyl (C=O) groups excluding carboxylic acids is 1. The van der Waals surface area contributed by atoms with Gasteiger partial charge in [0.25, 0.3) is 5.91 Å². The third-order valence-electron chi connectivity index (χ3n) is 4.52. The molecule has 0 aromatic carbocycles. The van der Waals surface area contributed by atoms with Crippen LogP contribution in [0.15, 0.2) is 16.8 Å². The van der Waals surface area contributed by atoms with E-state index in [0.717, 1.165) is 45.8 Å². The van der Waals surface area contributed by atoms with Gasteiger partial charge in [0.05, 0.1) is 6.42 Å². The third kappa shape index (κ3) is 3.23. The molecule has 1 atom stereocenters. The summed E-state index contributed by atoms with van der Waals surface area (Å²) < 4.78 is 0. The van der Waals surface area contributed by atoms with Crippen molar-refractivity contribution in [2.45, 2.75) is 53.4 Å². The van der Waals surface area contributed by atoms with E-state index >= 15 is 0 Å². The van der Waals surface area contributed by atoms with E-state index in [2.05, 4.69) is 10.3 Å². The minimum absolute atomic E-state index is 0.0477. The quantitative estimate of drug-likeness (QED) is 0.778. The molecule has 0 fully saturated rings. The number of amides is 1. The van der Waals surface area contributed by atoms with E-state index in [4.69, 9.17) is 5.11 Å². The lowest BCUT2D eigenvalue weighted by Crippen LogP contribution is -2.15. The highest BCUT2D eigenvalue weighted by Crippen LogP contribution is 2.31. The molecular weight excluding hydrogens is 292 g/mol. The van der Waals surface area contributed by atoms with E-state index in [0.29, 0.717) is 0 Å². The Morgan fingerprint density at radius 3 is 2.52 bits per heavy atom. The molecule has 1 aromatic rings. The molecule has 0 radical (unpaired) electrons. The lowest BCUT2D eigenvalue weighted by Gasteiger charge is -2.10. The number of aromatic amines is 1. The summed E-state index contributed by atoms with van der Waals surface area (Å²) in [6, 6.07) is 0. The summed E-state index contributed by atoms with van der Waals surface area (Å²) in [6.45, 7) is 9.73. The van der Waals surface area contributed by atoms with Gasteiger partial charge >= 0.3 is 5.97 Å². The molecule has 0 saturated carbocycles. The Bertz CT molecular complexity index is 723. The number of carboxylic acids is 1. The average Bonchev–Trinajstić information content (AvgIpc) is 2.87. The minimum atomic E-state index is -0.799. The van der Waals surface area contributed by atoms with Crippen LogP contribution in [0.4, 0.5) is 0 Å². The van der Waals surface area contributed by atoms with Crippen molar-refractivity contribution in [1.29, 1.82) is 0 Å². The molecule has 0 unspecified atom stereocenters. The molecule has 5 nitrogen and oxygen atoms in total. The Kier molecular flexibility index (Phi) is 4.78. The van der Waals surface area contributed by atoms with Gasteiger partial charge in [0, 0.05) is 22.7 Å². The monoisotopic (exact) mass is 316 g/mol. The van der Waals surface area contributed by atoms with Crippen LogP contribution in [-0.2, 0) is 9.59 Å². The summed E-state index contributed by atoms with van der Waals surface area (Å²) in [5.41, 5.74) is 6.61. The van der Waals surface area contributed by atoms with Crippen LogP contribution in [0.3, 0.4) is 0 Å². The molecular formula is C18H24N2O3. The fourth-order valence-electron chi connectivity index (χ4n) is 3.39. The third-order valence-corrected chi connectivity index (χ3v) is 4.52. The number of hydrogen-bond donors (Lipinski definition) is 3. The molecule has 23 heavy (non-hydrogen) atoms. The second kappa shape index (κ2) is 6.44. The van der Waals surface area contributed by atoms with Crippen molar-refractivity contribution in [3.8, 4) is 0 Å². The maximum absolute atomic E-state index is 11.8. The smallest absolute Gasteiger partial charge is 0.303 e. The lowest BCUT2D eigenvalue weighted by molar-refractivity contribution is -0.137. The van der Waals surface area contributed by atoms with Crippen molar-refractivity contribution in [3.05, 3.63) is 39.4 Å². The van der Waals surface area contributed by atoms with Gasteiger partial charge in [0.1, 0.15) is 0 Å². The Morgan fingerprint density at radius 1 is 1.30 bits per heavy atom. The van der Waals surface area contributed by atoms with E-state index in [1.54, 1.807) is 0 Å². The summed E-state index contributed by atoms with van der Waals surface area (Å²) in [4.78, 5) is 26.1. The molecule has 1 aliphatic heterocycles. The first-order chi connectivity index (χ1) is 10.8. The van der Waals surface area contributed by atoms with Gasteiger partial charge in [-0.3, -0.25) is 9.59 Å². The number of carboxylic acid groups (broad SMARTS) is 1. The summed E-state index contributed by atoms with van der Waals surface area (Å²) >= 11 is 0. The summed E-state index contributed by atoms with van der Waals surface area (Å²) in [5, 5.41) is 11.9. The first kappa shape index (κ1) is 17.1. The number of aromatic nitrogens is 1. The van der Waals surface area contributed by atoms with Crippen molar-refractivity contribution in [2.75, 3.05) is 0 Å². The van der Waals surface area contributed by atoms with E-state index in [1.807, 2.05) is 40.7 Å². The van der Waals surface area contributed by atoms with Gasteiger partial charge in [-0.25, -0.2) is 0 Å². The molecule has 1 amide bonds. The average molecular weight is 316 g/mol. The topological polar surface area (TPSA) is 82.2 Å². The van der Waals surface area contributed by atoms with Crippen LogP contribution in [-0.4, -0.2) is 22.0 Å². The molecule has 0 bridgehead atoms. The first-order valence-electron chi connectivity index (χ1n) is 7.90. The van der Waals surface area contributed by atoms with Crippen molar-refractivity contribution < 1.29 is 14.7 Å². The van der Waals surface area contributed by atoms with Crippen molar-refractivity contribution in [2.24, 2.45) is 0 Å². The van der Waals surface area contributed by atoms with Gasteiger partial charge in [-0.2, -0.15) is 0 Å². The molecule has 1 aromatic heterocycles. The fourth-order valence-corrected chi connectivity index (χ4v) is 3.39. The van der Waals surface area contributed by atoms with Gasteiger partial charge in [-0.15, -0.1) is 0 Å². The Labute approximate surface area is 136 Å². The molecule has 5 heteroatoms. The van der Waals surface area contributed by atoms with E-state index in [-0.39, 0.29) is 18.2 Å². The summed E-state index contributed by atoms with van der Waals surface area (Å²) in [7, 11) is 0. The number of allylic oxidation sites excluding steroid dienone is 1. The maximum Gasteiger partial charge on any atom is 0.303 e. The van der Waals surface area contributed by atoms with E-state index in [1.165, 1.54) is 0 Å². The number of rotatable bonds is 5. The van der Waals surface area contributed by atoms with Crippen LogP contribution >= 0.6 is 0 Å². The van der Waals surface area contributed by atoms with Crippen LogP contribution in [0.1, 0.15) is 62.0 Å². The van der Waals surface area contributed by atoms with Gasteiger partial charge in [-0.05, 0) is 55.9 Å². The molecule has 0 spiro atoms. The van der Waals surface area contributed by atoms with Crippen molar-refractivity contribution >= 4 is 18.0 Å². The predicted octanol–water partition coefficient (Wildman–Crippen LogP) is 3.41. The van der Waals surface area contributed by atoms with Gasteiger partial charge < -0.3 is 15.4 Å². The Balaban J connectivity index is 2.42. The van der Waals surface area contributed by atoms with E-state index < -0.39 is 5.97 Å². The van der Waals surface area contributed by atoms with Crippen LogP contribution in [0.25, 0.3) is 6.08 Å². The zero-order valence-electron chi connectivity index (χ0n) is 14.3. The predicted molar refractivity (Wildman–Crippen MR) is 90.0 cm³/mol. The Hall–Kier alpha value is -2.30. The highest BCUT2D eigenvalue weighted by atomic mass is 16.4. The normalized spacial score (nSPS) is 17.8. The van der Waals surface area contributed by atoms with Gasteiger partial charge in [-0.1, -0.05) is 13.8 Å². The zero-order valence-corrected chi connectivity index (χ0v) is 14.3. The van der Waals surface area contributed by atoms with Crippen LogP contribution < -0.4 is 5.32 Å². The lowest BCUT2D eigenvalue weighted by atomic mass is 9.94. The fraction of sp³-hybridized carbons (Fsp3) is 0.444. The maximum atomic E-state index is 11.8. The molecule has 2 heterocycles.